The summed E-state index contributed by atoms with van der Waals surface area (Å²) in [5.41, 5.74) is 2.88. The van der Waals surface area contributed by atoms with Crippen LogP contribution in [-0.4, -0.2) is 15.2 Å². The van der Waals surface area contributed by atoms with Gasteiger partial charge in [-0.25, -0.2) is 0 Å². The van der Waals surface area contributed by atoms with Crippen molar-refractivity contribution in [2.24, 2.45) is 5.41 Å². The number of aromatic nitrogens is 2. The summed E-state index contributed by atoms with van der Waals surface area (Å²) >= 11 is 6.31. The molecule has 2 nitrogen and oxygen atoms in total. The Morgan fingerprint density at radius 3 is 2.94 bits per heavy atom. The van der Waals surface area contributed by atoms with E-state index in [1.165, 1.54) is 11.1 Å². The quantitative estimate of drug-likeness (QED) is 0.741. The van der Waals surface area contributed by atoms with E-state index in [4.69, 9.17) is 11.6 Å². The molecule has 0 radical (unpaired) electrons. The van der Waals surface area contributed by atoms with Gasteiger partial charge in [-0.3, -0.25) is 4.68 Å². The number of nitrogens with zero attached hydrogens (tertiary/aromatic N) is 2. The number of alkyl halides is 1. The Bertz CT molecular complexity index is 418. The van der Waals surface area contributed by atoms with Gasteiger partial charge in [0.1, 0.15) is 0 Å². The van der Waals surface area contributed by atoms with Gasteiger partial charge >= 0.3 is 0 Å². The van der Waals surface area contributed by atoms with Crippen molar-refractivity contribution in [2.75, 3.05) is 0 Å². The lowest BCUT2D eigenvalue weighted by atomic mass is 9.76. The van der Waals surface area contributed by atoms with Crippen LogP contribution in [0.5, 0.6) is 0 Å². The Labute approximate surface area is 109 Å². The molecule has 1 heterocycles. The van der Waals surface area contributed by atoms with Crippen LogP contribution in [0.25, 0.3) is 5.57 Å². The fourth-order valence-corrected chi connectivity index (χ4v) is 3.10. The van der Waals surface area contributed by atoms with Crippen LogP contribution in [0.3, 0.4) is 0 Å². The number of aryl methyl sites for hydroxylation is 1. The number of allylic oxidation sites excluding steroid dienone is 2. The Morgan fingerprint density at radius 2 is 2.29 bits per heavy atom. The third-order valence-electron chi connectivity index (χ3n) is 3.26. The van der Waals surface area contributed by atoms with Crippen molar-refractivity contribution in [3.05, 3.63) is 24.0 Å². The van der Waals surface area contributed by atoms with E-state index in [0.29, 0.717) is 5.41 Å². The first-order valence-corrected chi connectivity index (χ1v) is 6.81. The van der Waals surface area contributed by atoms with Gasteiger partial charge in [0.2, 0.25) is 0 Å². The molecule has 0 spiro atoms. The van der Waals surface area contributed by atoms with E-state index in [9.17, 15) is 0 Å². The summed E-state index contributed by atoms with van der Waals surface area (Å²) in [4.78, 5) is 0. The van der Waals surface area contributed by atoms with Crippen LogP contribution < -0.4 is 0 Å². The van der Waals surface area contributed by atoms with Gasteiger partial charge < -0.3 is 0 Å². The first kappa shape index (κ1) is 12.7. The van der Waals surface area contributed by atoms with Crippen molar-refractivity contribution in [2.45, 2.75) is 52.0 Å². The Morgan fingerprint density at radius 1 is 1.53 bits per heavy atom. The van der Waals surface area contributed by atoms with Crippen LogP contribution in [0, 0.1) is 5.41 Å². The zero-order valence-electron chi connectivity index (χ0n) is 10.9. The van der Waals surface area contributed by atoms with Gasteiger partial charge in [0, 0.05) is 18.3 Å². The van der Waals surface area contributed by atoms with Crippen molar-refractivity contribution in [1.82, 2.24) is 9.78 Å². The summed E-state index contributed by atoms with van der Waals surface area (Å²) < 4.78 is 2.01. The molecule has 1 aromatic heterocycles. The van der Waals surface area contributed by atoms with Gasteiger partial charge in [0.25, 0.3) is 0 Å². The van der Waals surface area contributed by atoms with Gasteiger partial charge in [-0.15, -0.1) is 11.6 Å². The molecule has 1 aromatic rings. The van der Waals surface area contributed by atoms with Crippen LogP contribution in [0.2, 0.25) is 0 Å². The standard InChI is InChI=1S/C14H21ClN2/c1-4-5-17-10-12(9-16-17)11-6-13(15)8-14(2,3)7-11/h6,9-10,13H,4-5,7-8H2,1-3H3. The van der Waals surface area contributed by atoms with Crippen LogP contribution in [0.4, 0.5) is 0 Å². The molecule has 2 rings (SSSR count). The van der Waals surface area contributed by atoms with Crippen LogP contribution in [0.15, 0.2) is 18.5 Å². The highest BCUT2D eigenvalue weighted by Gasteiger charge is 2.28. The summed E-state index contributed by atoms with van der Waals surface area (Å²) in [7, 11) is 0. The van der Waals surface area contributed by atoms with E-state index >= 15 is 0 Å². The first-order chi connectivity index (χ1) is 8.00. The predicted octanol–water partition coefficient (Wildman–Crippen LogP) is 4.10. The van der Waals surface area contributed by atoms with Crippen LogP contribution in [-0.2, 0) is 6.54 Å². The van der Waals surface area contributed by atoms with Crippen LogP contribution in [0.1, 0.15) is 45.6 Å². The zero-order chi connectivity index (χ0) is 12.5. The topological polar surface area (TPSA) is 17.8 Å². The molecule has 0 bridgehead atoms. The normalized spacial score (nSPS) is 23.5. The smallest absolute Gasteiger partial charge is 0.0564 e. The van der Waals surface area contributed by atoms with Gasteiger partial charge in [-0.1, -0.05) is 26.8 Å². The molecule has 1 aliphatic carbocycles. The largest absolute Gasteiger partial charge is 0.272 e. The molecule has 0 aromatic carbocycles. The van der Waals surface area contributed by atoms with Gasteiger partial charge in [0.15, 0.2) is 0 Å². The molecular weight excluding hydrogens is 232 g/mol. The second-order valence-corrected chi connectivity index (χ2v) is 6.31. The lowest BCUT2D eigenvalue weighted by Gasteiger charge is -2.32. The minimum Gasteiger partial charge on any atom is -0.272 e. The van der Waals surface area contributed by atoms with Crippen molar-refractivity contribution < 1.29 is 0 Å². The fourth-order valence-electron chi connectivity index (χ4n) is 2.53. The second kappa shape index (κ2) is 4.85. The predicted molar refractivity (Wildman–Crippen MR) is 73.2 cm³/mol. The van der Waals surface area contributed by atoms with E-state index in [2.05, 4.69) is 38.1 Å². The first-order valence-electron chi connectivity index (χ1n) is 6.38. The molecule has 0 saturated heterocycles. The highest BCUT2D eigenvalue weighted by molar-refractivity contribution is 6.22. The Kier molecular flexibility index (Phi) is 3.62. The molecule has 0 saturated carbocycles. The Hall–Kier alpha value is -0.760. The average molecular weight is 253 g/mol. The molecule has 1 atom stereocenters. The van der Waals surface area contributed by atoms with Gasteiger partial charge in [-0.2, -0.15) is 5.10 Å². The van der Waals surface area contributed by atoms with Crippen LogP contribution >= 0.6 is 11.6 Å². The van der Waals surface area contributed by atoms with E-state index in [1.807, 2.05) is 10.9 Å². The number of halogens is 1. The molecule has 3 heteroatoms. The maximum Gasteiger partial charge on any atom is 0.0564 e. The van der Waals surface area contributed by atoms with Gasteiger partial charge in [-0.05, 0) is 30.3 Å². The molecule has 0 fully saturated rings. The van der Waals surface area contributed by atoms with Crippen molar-refractivity contribution >= 4 is 17.2 Å². The lowest BCUT2D eigenvalue weighted by Crippen LogP contribution is -2.21. The number of rotatable bonds is 3. The summed E-state index contributed by atoms with van der Waals surface area (Å²) in [6, 6.07) is 0. The summed E-state index contributed by atoms with van der Waals surface area (Å²) in [6.07, 6.45) is 9.56. The summed E-state index contributed by atoms with van der Waals surface area (Å²) in [5, 5.41) is 4.54. The number of hydrogen-bond acceptors (Lipinski definition) is 1. The molecule has 94 valence electrons. The molecule has 0 amide bonds. The van der Waals surface area contributed by atoms with Crippen molar-refractivity contribution in [3.8, 4) is 0 Å². The van der Waals surface area contributed by atoms with E-state index in [-0.39, 0.29) is 5.38 Å². The maximum atomic E-state index is 6.31. The highest BCUT2D eigenvalue weighted by atomic mass is 35.5. The monoisotopic (exact) mass is 252 g/mol. The van der Waals surface area contributed by atoms with E-state index in [1.54, 1.807) is 0 Å². The summed E-state index contributed by atoms with van der Waals surface area (Å²) in [5.74, 6) is 0. The molecule has 0 aliphatic heterocycles. The lowest BCUT2D eigenvalue weighted by molar-refractivity contribution is 0.340. The third kappa shape index (κ3) is 3.12. The maximum absolute atomic E-state index is 6.31. The zero-order valence-corrected chi connectivity index (χ0v) is 11.7. The molecule has 17 heavy (non-hydrogen) atoms. The number of hydrogen-bond donors (Lipinski definition) is 0. The Balaban J connectivity index is 2.20. The molecule has 0 N–H and O–H groups in total. The average Bonchev–Trinajstić information content (AvgIpc) is 2.63. The van der Waals surface area contributed by atoms with Crippen molar-refractivity contribution in [1.29, 1.82) is 0 Å². The van der Waals surface area contributed by atoms with E-state index in [0.717, 1.165) is 25.8 Å². The third-order valence-corrected chi connectivity index (χ3v) is 3.54. The highest BCUT2D eigenvalue weighted by Crippen LogP contribution is 2.40. The molecule has 1 unspecified atom stereocenters. The minimum atomic E-state index is 0.156. The van der Waals surface area contributed by atoms with Crippen molar-refractivity contribution in [3.63, 3.8) is 0 Å². The van der Waals surface area contributed by atoms with E-state index < -0.39 is 0 Å². The molecule has 1 aliphatic rings. The fraction of sp³-hybridized carbons (Fsp3) is 0.643. The minimum absolute atomic E-state index is 0.156. The second-order valence-electron chi connectivity index (χ2n) is 5.75. The SMILES string of the molecule is CCCn1cc(C2=CC(Cl)CC(C)(C)C2)cn1. The molecular formula is C14H21ClN2. The van der Waals surface area contributed by atoms with Gasteiger partial charge in [0.05, 0.1) is 11.6 Å². The summed E-state index contributed by atoms with van der Waals surface area (Å²) in [6.45, 7) is 7.72.